The number of hydrogen-bond donors (Lipinski definition) is 1. The van der Waals surface area contributed by atoms with Crippen LogP contribution in [0.1, 0.15) is 36.8 Å². The molecule has 1 aromatic heterocycles. The number of anilines is 1. The van der Waals surface area contributed by atoms with Gasteiger partial charge in [-0.05, 0) is 35.9 Å². The van der Waals surface area contributed by atoms with E-state index >= 15 is 0 Å². The molecule has 4 rings (SSSR count). The standard InChI is InChI=1S/C21H15N3O3/c25-19(18-11-5-6-12-22-18)23-17-10-4-1-7-14(17)13-24-20(26)15-8-2-3-9-16(15)21(24)27/h1-12H,13H2,(H,23,25). The normalized spacial score (nSPS) is 12.8. The average Bonchev–Trinajstić information content (AvgIpc) is 2.95. The number of rotatable bonds is 4. The minimum absolute atomic E-state index is 0.0744. The zero-order valence-electron chi connectivity index (χ0n) is 14.3. The molecule has 2 heterocycles. The van der Waals surface area contributed by atoms with Crippen molar-refractivity contribution >= 4 is 23.4 Å². The number of carbonyl (C=O) groups excluding carboxylic acids is 3. The summed E-state index contributed by atoms with van der Waals surface area (Å²) in [5, 5.41) is 2.80. The second kappa shape index (κ2) is 6.84. The molecule has 1 N–H and O–H groups in total. The van der Waals surface area contributed by atoms with E-state index in [1.807, 2.05) is 0 Å². The third-order valence-electron chi connectivity index (χ3n) is 4.37. The number of amides is 3. The zero-order chi connectivity index (χ0) is 18.8. The molecular weight excluding hydrogens is 342 g/mol. The van der Waals surface area contributed by atoms with Crippen LogP contribution < -0.4 is 5.32 Å². The number of carbonyl (C=O) groups is 3. The Morgan fingerprint density at radius 1 is 0.852 bits per heavy atom. The summed E-state index contributed by atoms with van der Waals surface area (Å²) in [7, 11) is 0. The van der Waals surface area contributed by atoms with E-state index in [4.69, 9.17) is 0 Å². The van der Waals surface area contributed by atoms with Gasteiger partial charge in [0.15, 0.2) is 0 Å². The summed E-state index contributed by atoms with van der Waals surface area (Å²) < 4.78 is 0. The van der Waals surface area contributed by atoms with Gasteiger partial charge in [-0.3, -0.25) is 24.3 Å². The molecule has 1 aliphatic rings. The van der Waals surface area contributed by atoms with Gasteiger partial charge in [0.2, 0.25) is 0 Å². The van der Waals surface area contributed by atoms with Crippen LogP contribution >= 0.6 is 0 Å². The Morgan fingerprint density at radius 3 is 2.15 bits per heavy atom. The van der Waals surface area contributed by atoms with E-state index in [9.17, 15) is 14.4 Å². The summed E-state index contributed by atoms with van der Waals surface area (Å²) in [5.74, 6) is -1.02. The number of nitrogens with one attached hydrogen (secondary N) is 1. The number of nitrogens with zero attached hydrogens (tertiary/aromatic N) is 2. The van der Waals surface area contributed by atoms with E-state index in [1.165, 1.54) is 4.90 Å². The first kappa shape index (κ1) is 16.7. The van der Waals surface area contributed by atoms with Gasteiger partial charge in [-0.2, -0.15) is 0 Å². The molecule has 132 valence electrons. The molecule has 0 aliphatic carbocycles. The summed E-state index contributed by atoms with van der Waals surface area (Å²) in [6.45, 7) is 0.0744. The highest BCUT2D eigenvalue weighted by Gasteiger charge is 2.35. The molecule has 27 heavy (non-hydrogen) atoms. The fourth-order valence-electron chi connectivity index (χ4n) is 3.02. The quantitative estimate of drug-likeness (QED) is 0.728. The summed E-state index contributed by atoms with van der Waals surface area (Å²) in [5.41, 5.74) is 2.28. The lowest BCUT2D eigenvalue weighted by Gasteiger charge is -2.17. The molecule has 3 aromatic rings. The summed E-state index contributed by atoms with van der Waals surface area (Å²) >= 11 is 0. The van der Waals surface area contributed by atoms with Crippen molar-refractivity contribution in [2.24, 2.45) is 0 Å². The first-order chi connectivity index (χ1) is 13.1. The predicted octanol–water partition coefficient (Wildman–Crippen LogP) is 3.13. The first-order valence-corrected chi connectivity index (χ1v) is 8.40. The third kappa shape index (κ3) is 3.08. The van der Waals surface area contributed by atoms with Crippen molar-refractivity contribution in [1.82, 2.24) is 9.88 Å². The molecule has 0 unspecified atom stereocenters. The highest BCUT2D eigenvalue weighted by atomic mass is 16.2. The second-order valence-electron chi connectivity index (χ2n) is 6.07. The number of imide groups is 1. The van der Waals surface area contributed by atoms with Gasteiger partial charge >= 0.3 is 0 Å². The lowest BCUT2D eigenvalue weighted by molar-refractivity contribution is 0.0642. The molecule has 0 saturated heterocycles. The molecule has 6 nitrogen and oxygen atoms in total. The van der Waals surface area contributed by atoms with Gasteiger partial charge in [0.05, 0.1) is 17.7 Å². The molecule has 0 radical (unpaired) electrons. The minimum Gasteiger partial charge on any atom is -0.320 e. The molecule has 0 fully saturated rings. The Balaban J connectivity index is 1.59. The van der Waals surface area contributed by atoms with E-state index in [-0.39, 0.29) is 30.0 Å². The number of fused-ring (bicyclic) bond motifs is 1. The summed E-state index contributed by atoms with van der Waals surface area (Å²) in [4.78, 5) is 42.8. The van der Waals surface area contributed by atoms with Crippen molar-refractivity contribution in [3.63, 3.8) is 0 Å². The Bertz CT molecular complexity index is 1010. The highest BCUT2D eigenvalue weighted by molar-refractivity contribution is 6.21. The lowest BCUT2D eigenvalue weighted by Crippen LogP contribution is -2.29. The Kier molecular flexibility index (Phi) is 4.22. The Labute approximate surface area is 155 Å². The maximum Gasteiger partial charge on any atom is 0.274 e. The third-order valence-corrected chi connectivity index (χ3v) is 4.37. The van der Waals surface area contributed by atoms with Crippen molar-refractivity contribution in [1.29, 1.82) is 0 Å². The zero-order valence-corrected chi connectivity index (χ0v) is 14.3. The van der Waals surface area contributed by atoms with Gasteiger partial charge in [0.1, 0.15) is 5.69 Å². The number of pyridine rings is 1. The summed E-state index contributed by atoms with van der Waals surface area (Å²) in [6.07, 6.45) is 1.54. The Hall–Kier alpha value is -3.80. The molecule has 0 saturated carbocycles. The van der Waals surface area contributed by atoms with Crippen LogP contribution in [0.15, 0.2) is 72.9 Å². The van der Waals surface area contributed by atoms with Crippen molar-refractivity contribution in [2.75, 3.05) is 5.32 Å². The van der Waals surface area contributed by atoms with Crippen LogP contribution in [-0.2, 0) is 6.54 Å². The maximum absolute atomic E-state index is 12.6. The van der Waals surface area contributed by atoms with Gasteiger partial charge < -0.3 is 5.32 Å². The van der Waals surface area contributed by atoms with Crippen LogP contribution in [0.2, 0.25) is 0 Å². The van der Waals surface area contributed by atoms with Gasteiger partial charge in [-0.25, -0.2) is 0 Å². The molecular formula is C21H15N3O3. The molecule has 0 spiro atoms. The topological polar surface area (TPSA) is 79.4 Å². The SMILES string of the molecule is O=C(Nc1ccccc1CN1C(=O)c2ccccc2C1=O)c1ccccn1. The van der Waals surface area contributed by atoms with Gasteiger partial charge in [-0.1, -0.05) is 36.4 Å². The van der Waals surface area contributed by atoms with Crippen LogP contribution in [0.25, 0.3) is 0 Å². The van der Waals surface area contributed by atoms with Gasteiger partial charge in [-0.15, -0.1) is 0 Å². The summed E-state index contributed by atoms with van der Waals surface area (Å²) in [6, 6.07) is 18.9. The highest BCUT2D eigenvalue weighted by Crippen LogP contribution is 2.26. The fourth-order valence-corrected chi connectivity index (χ4v) is 3.02. The monoisotopic (exact) mass is 357 g/mol. The average molecular weight is 357 g/mol. The van der Waals surface area contributed by atoms with Crippen LogP contribution in [0, 0.1) is 0 Å². The second-order valence-corrected chi connectivity index (χ2v) is 6.07. The number of aromatic nitrogens is 1. The van der Waals surface area contributed by atoms with Crippen molar-refractivity contribution in [3.8, 4) is 0 Å². The minimum atomic E-state index is -0.356. The van der Waals surface area contributed by atoms with Gasteiger partial charge in [0.25, 0.3) is 17.7 Å². The lowest BCUT2D eigenvalue weighted by atomic mass is 10.1. The van der Waals surface area contributed by atoms with Crippen LogP contribution in [0.3, 0.4) is 0 Å². The van der Waals surface area contributed by atoms with Gasteiger partial charge in [0, 0.05) is 11.9 Å². The van der Waals surface area contributed by atoms with E-state index in [1.54, 1.807) is 72.9 Å². The molecule has 6 heteroatoms. The van der Waals surface area contributed by atoms with E-state index < -0.39 is 0 Å². The molecule has 3 amide bonds. The van der Waals surface area contributed by atoms with Crippen molar-refractivity contribution in [3.05, 3.63) is 95.3 Å². The number of hydrogen-bond acceptors (Lipinski definition) is 4. The molecule has 0 atom stereocenters. The maximum atomic E-state index is 12.6. The molecule has 2 aromatic carbocycles. The van der Waals surface area contributed by atoms with Crippen LogP contribution in [-0.4, -0.2) is 27.6 Å². The molecule has 0 bridgehead atoms. The molecule has 1 aliphatic heterocycles. The van der Waals surface area contributed by atoms with Crippen molar-refractivity contribution in [2.45, 2.75) is 6.54 Å². The Morgan fingerprint density at radius 2 is 1.48 bits per heavy atom. The van der Waals surface area contributed by atoms with Crippen molar-refractivity contribution < 1.29 is 14.4 Å². The fraction of sp³-hybridized carbons (Fsp3) is 0.0476. The number of benzene rings is 2. The van der Waals surface area contributed by atoms with E-state index in [0.29, 0.717) is 22.4 Å². The smallest absolute Gasteiger partial charge is 0.274 e. The van der Waals surface area contributed by atoms with E-state index in [0.717, 1.165) is 0 Å². The largest absolute Gasteiger partial charge is 0.320 e. The van der Waals surface area contributed by atoms with E-state index in [2.05, 4.69) is 10.3 Å². The van der Waals surface area contributed by atoms with Crippen LogP contribution in [0.4, 0.5) is 5.69 Å². The predicted molar refractivity (Wildman–Crippen MR) is 99.3 cm³/mol. The number of para-hydroxylation sites is 1. The first-order valence-electron chi connectivity index (χ1n) is 8.40. The van der Waals surface area contributed by atoms with Crippen LogP contribution in [0.5, 0.6) is 0 Å².